The molecule has 1 saturated heterocycles. The molecule has 1 fully saturated rings. The lowest BCUT2D eigenvalue weighted by atomic mass is 9.97. The highest BCUT2D eigenvalue weighted by Crippen LogP contribution is 2.28. The highest BCUT2D eigenvalue weighted by atomic mass is 16.4. The van der Waals surface area contributed by atoms with E-state index in [2.05, 4.69) is 4.90 Å². The Kier molecular flexibility index (Phi) is 3.22. The summed E-state index contributed by atoms with van der Waals surface area (Å²) in [4.78, 5) is 13.0. The number of carbonyl (C=O) groups is 1. The molecule has 0 amide bonds. The minimum absolute atomic E-state index is 0.0431. The number of hydrogen-bond acceptors (Lipinski definition) is 3. The van der Waals surface area contributed by atoms with E-state index in [1.165, 1.54) is 0 Å². The van der Waals surface area contributed by atoms with Crippen LogP contribution in [0.25, 0.3) is 0 Å². The molecule has 4 heteroatoms. The standard InChI is InChI=1S/C12H16N2O2/c13-10-7-14(8-10)11(6-12(15)16)9-4-2-1-3-5-9/h1-5,10-11H,6-8,13H2,(H,15,16). The molecule has 16 heavy (non-hydrogen) atoms. The molecule has 1 heterocycles. The number of rotatable bonds is 4. The van der Waals surface area contributed by atoms with Crippen LogP contribution in [0, 0.1) is 0 Å². The summed E-state index contributed by atoms with van der Waals surface area (Å²) < 4.78 is 0. The first-order valence-electron chi connectivity index (χ1n) is 5.43. The second-order valence-electron chi connectivity index (χ2n) is 4.24. The minimum Gasteiger partial charge on any atom is -0.481 e. The Hall–Kier alpha value is -1.39. The van der Waals surface area contributed by atoms with E-state index in [0.717, 1.165) is 18.7 Å². The van der Waals surface area contributed by atoms with Gasteiger partial charge in [0, 0.05) is 25.2 Å². The molecule has 0 bridgehead atoms. The van der Waals surface area contributed by atoms with Crippen LogP contribution in [0.15, 0.2) is 30.3 Å². The van der Waals surface area contributed by atoms with Crippen LogP contribution in [0.4, 0.5) is 0 Å². The fourth-order valence-corrected chi connectivity index (χ4v) is 2.10. The molecular weight excluding hydrogens is 204 g/mol. The van der Waals surface area contributed by atoms with Crippen molar-refractivity contribution < 1.29 is 9.90 Å². The maximum atomic E-state index is 10.9. The van der Waals surface area contributed by atoms with Crippen molar-refractivity contribution in [2.75, 3.05) is 13.1 Å². The van der Waals surface area contributed by atoms with Crippen LogP contribution in [0.5, 0.6) is 0 Å². The van der Waals surface area contributed by atoms with Gasteiger partial charge >= 0.3 is 5.97 Å². The van der Waals surface area contributed by atoms with Crippen LogP contribution in [0.1, 0.15) is 18.0 Å². The van der Waals surface area contributed by atoms with Crippen LogP contribution in [-0.4, -0.2) is 35.1 Å². The first-order chi connectivity index (χ1) is 7.66. The number of hydrogen-bond donors (Lipinski definition) is 2. The molecule has 0 saturated carbocycles. The van der Waals surface area contributed by atoms with Gasteiger partial charge in [-0.3, -0.25) is 9.69 Å². The summed E-state index contributed by atoms with van der Waals surface area (Å²) in [5.74, 6) is -0.769. The first-order valence-corrected chi connectivity index (χ1v) is 5.43. The zero-order valence-electron chi connectivity index (χ0n) is 9.04. The normalized spacial score (nSPS) is 19.1. The van der Waals surface area contributed by atoms with Gasteiger partial charge in [-0.05, 0) is 5.56 Å². The molecule has 1 aromatic carbocycles. The zero-order valence-corrected chi connectivity index (χ0v) is 9.04. The predicted octanol–water partition coefficient (Wildman–Crippen LogP) is 0.845. The summed E-state index contributed by atoms with van der Waals surface area (Å²) >= 11 is 0. The third kappa shape index (κ3) is 2.40. The Morgan fingerprint density at radius 3 is 2.56 bits per heavy atom. The predicted molar refractivity (Wildman–Crippen MR) is 61.0 cm³/mol. The van der Waals surface area contributed by atoms with Crippen molar-refractivity contribution in [2.24, 2.45) is 5.73 Å². The largest absolute Gasteiger partial charge is 0.481 e. The number of carboxylic acids is 1. The number of aliphatic carboxylic acids is 1. The number of likely N-dealkylation sites (tertiary alicyclic amines) is 1. The summed E-state index contributed by atoms with van der Waals surface area (Å²) in [5.41, 5.74) is 6.78. The maximum Gasteiger partial charge on any atom is 0.305 e. The molecular formula is C12H16N2O2. The van der Waals surface area contributed by atoms with Crippen LogP contribution < -0.4 is 5.73 Å². The van der Waals surface area contributed by atoms with Gasteiger partial charge in [-0.1, -0.05) is 30.3 Å². The Bertz CT molecular complexity index is 361. The molecule has 0 radical (unpaired) electrons. The van der Waals surface area contributed by atoms with Gasteiger partial charge in [0.1, 0.15) is 0 Å². The van der Waals surface area contributed by atoms with Gasteiger partial charge in [0.2, 0.25) is 0 Å². The van der Waals surface area contributed by atoms with Crippen molar-refractivity contribution in [2.45, 2.75) is 18.5 Å². The molecule has 1 aliphatic heterocycles. The van der Waals surface area contributed by atoms with Gasteiger partial charge in [0.15, 0.2) is 0 Å². The molecule has 1 aliphatic rings. The van der Waals surface area contributed by atoms with Crippen molar-refractivity contribution in [1.29, 1.82) is 0 Å². The van der Waals surface area contributed by atoms with Crippen LogP contribution >= 0.6 is 0 Å². The van der Waals surface area contributed by atoms with E-state index in [1.807, 2.05) is 30.3 Å². The summed E-state index contributed by atoms with van der Waals surface area (Å²) in [6.07, 6.45) is 0.136. The van der Waals surface area contributed by atoms with E-state index >= 15 is 0 Å². The van der Waals surface area contributed by atoms with E-state index in [-0.39, 0.29) is 18.5 Å². The molecule has 1 unspecified atom stereocenters. The Morgan fingerprint density at radius 2 is 2.06 bits per heavy atom. The second-order valence-corrected chi connectivity index (χ2v) is 4.24. The van der Waals surface area contributed by atoms with Gasteiger partial charge in [-0.2, -0.15) is 0 Å². The lowest BCUT2D eigenvalue weighted by molar-refractivity contribution is -0.139. The molecule has 2 rings (SSSR count). The molecule has 86 valence electrons. The monoisotopic (exact) mass is 220 g/mol. The summed E-state index contributed by atoms with van der Waals surface area (Å²) in [7, 11) is 0. The van der Waals surface area contributed by atoms with E-state index in [1.54, 1.807) is 0 Å². The average molecular weight is 220 g/mol. The molecule has 3 N–H and O–H groups in total. The minimum atomic E-state index is -0.769. The smallest absolute Gasteiger partial charge is 0.305 e. The van der Waals surface area contributed by atoms with Gasteiger partial charge in [-0.15, -0.1) is 0 Å². The number of nitrogens with zero attached hydrogens (tertiary/aromatic N) is 1. The zero-order chi connectivity index (χ0) is 11.5. The van der Waals surface area contributed by atoms with Gasteiger partial charge < -0.3 is 10.8 Å². The summed E-state index contributed by atoms with van der Waals surface area (Å²) in [6.45, 7) is 1.57. The topological polar surface area (TPSA) is 66.6 Å². The molecule has 0 aliphatic carbocycles. The van der Waals surface area contributed by atoms with Crippen LogP contribution in [0.2, 0.25) is 0 Å². The lowest BCUT2D eigenvalue weighted by Gasteiger charge is -2.42. The fraction of sp³-hybridized carbons (Fsp3) is 0.417. The van der Waals surface area contributed by atoms with Crippen molar-refractivity contribution >= 4 is 5.97 Å². The maximum absolute atomic E-state index is 10.9. The Balaban J connectivity index is 2.12. The highest BCUT2D eigenvalue weighted by Gasteiger charge is 2.31. The van der Waals surface area contributed by atoms with Gasteiger partial charge in [-0.25, -0.2) is 0 Å². The molecule has 0 aromatic heterocycles. The number of nitrogens with two attached hydrogens (primary N) is 1. The van der Waals surface area contributed by atoms with Gasteiger partial charge in [0.05, 0.1) is 6.42 Å². The van der Waals surface area contributed by atoms with Crippen molar-refractivity contribution in [3.63, 3.8) is 0 Å². The molecule has 4 nitrogen and oxygen atoms in total. The molecule has 0 spiro atoms. The average Bonchev–Trinajstić information content (AvgIpc) is 2.23. The quantitative estimate of drug-likeness (QED) is 0.789. The van der Waals surface area contributed by atoms with Crippen molar-refractivity contribution in [3.05, 3.63) is 35.9 Å². The van der Waals surface area contributed by atoms with Crippen LogP contribution in [0.3, 0.4) is 0 Å². The van der Waals surface area contributed by atoms with E-state index in [4.69, 9.17) is 10.8 Å². The first kappa shape index (κ1) is 11.1. The van der Waals surface area contributed by atoms with Gasteiger partial charge in [0.25, 0.3) is 0 Å². The third-order valence-electron chi connectivity index (χ3n) is 2.93. The van der Waals surface area contributed by atoms with E-state index < -0.39 is 5.97 Å². The number of benzene rings is 1. The highest BCUT2D eigenvalue weighted by molar-refractivity contribution is 5.68. The molecule has 1 aromatic rings. The van der Waals surface area contributed by atoms with Crippen molar-refractivity contribution in [1.82, 2.24) is 4.90 Å². The fourth-order valence-electron chi connectivity index (χ4n) is 2.10. The van der Waals surface area contributed by atoms with Crippen LogP contribution in [-0.2, 0) is 4.79 Å². The summed E-state index contributed by atoms with van der Waals surface area (Å²) in [5, 5.41) is 8.92. The third-order valence-corrected chi connectivity index (χ3v) is 2.93. The Morgan fingerprint density at radius 1 is 1.44 bits per heavy atom. The van der Waals surface area contributed by atoms with E-state index in [9.17, 15) is 4.79 Å². The number of carboxylic acid groups (broad SMARTS) is 1. The molecule has 1 atom stereocenters. The Labute approximate surface area is 94.7 Å². The van der Waals surface area contributed by atoms with E-state index in [0.29, 0.717) is 0 Å². The summed E-state index contributed by atoms with van der Waals surface area (Å²) in [6, 6.07) is 9.89. The lowest BCUT2D eigenvalue weighted by Crippen LogP contribution is -2.56. The van der Waals surface area contributed by atoms with Crippen molar-refractivity contribution in [3.8, 4) is 0 Å². The second kappa shape index (κ2) is 4.63. The SMILES string of the molecule is NC1CN(C(CC(=O)O)c2ccccc2)C1.